The molecule has 0 aliphatic carbocycles. The summed E-state index contributed by atoms with van der Waals surface area (Å²) in [7, 11) is 20.6. The third-order valence-corrected chi connectivity index (χ3v) is 0.700. The average molecular weight is 107 g/mol. The molecule has 33 valence electrons. The lowest BCUT2D eigenvalue weighted by molar-refractivity contribution is 0.255. The first-order valence-electron chi connectivity index (χ1n) is 2.23. The van der Waals surface area contributed by atoms with Crippen LogP contribution in [0.15, 0.2) is 0 Å². The Hall–Kier alpha value is -0.140. The van der Waals surface area contributed by atoms with Crippen molar-refractivity contribution in [2.45, 2.75) is 0 Å². The molecule has 0 aromatic rings. The van der Waals surface area contributed by atoms with Crippen LogP contribution in [-0.4, -0.2) is 55.5 Å². The molecule has 0 saturated carbocycles. The first-order chi connectivity index (χ1) is 4.09. The number of carbonyl (C=O) groups excluding carboxylic acids is 1. The summed E-state index contributed by atoms with van der Waals surface area (Å²) in [5.74, 6) is -0.627. The zero-order chi connectivity index (χ0) is 7.44. The van der Waals surface area contributed by atoms with Crippen LogP contribution in [0.25, 0.3) is 0 Å². The lowest BCUT2D eigenvalue weighted by atomic mass is 9.18. The van der Waals surface area contributed by atoms with E-state index < -0.39 is 12.3 Å². The van der Waals surface area contributed by atoms with Crippen molar-refractivity contribution >= 4 is 50.8 Å². The highest BCUT2D eigenvalue weighted by atomic mass is 16.1. The van der Waals surface area contributed by atoms with Gasteiger partial charge in [-0.25, -0.2) is 0 Å². The summed E-state index contributed by atoms with van der Waals surface area (Å²) in [4.78, 5) is 10.5. The number of hydrogen-bond acceptors (Lipinski definition) is 1. The van der Waals surface area contributed by atoms with Gasteiger partial charge in [0.05, 0.1) is 0 Å². The van der Waals surface area contributed by atoms with Gasteiger partial charge in [0.2, 0.25) is 7.98 Å². The van der Waals surface area contributed by atoms with Crippen molar-refractivity contribution in [3.63, 3.8) is 0 Å². The minimum absolute atomic E-state index is 0.627. The fourth-order valence-corrected chi connectivity index (χ4v) is 0.246. The third kappa shape index (κ3) is 2.78. The fourth-order valence-electron chi connectivity index (χ4n) is 0.246. The molecule has 0 spiro atoms. The van der Waals surface area contributed by atoms with Crippen LogP contribution in [0, 0.1) is 0 Å². The smallest absolute Gasteiger partial charge is 0.210 e. The van der Waals surface area contributed by atoms with Crippen LogP contribution in [0.3, 0.4) is 0 Å². The van der Waals surface area contributed by atoms with Gasteiger partial charge in [0.15, 0.2) is 13.8 Å². The highest BCUT2D eigenvalue weighted by Crippen LogP contribution is 1.81. The van der Waals surface area contributed by atoms with E-state index in [-0.39, 0.29) is 0 Å². The van der Waals surface area contributed by atoms with Crippen molar-refractivity contribution in [2.24, 2.45) is 0 Å². The molecule has 0 aromatic carbocycles. The maximum Gasteiger partial charge on any atom is 0.210 e. The molecule has 1 amide bonds. The van der Waals surface area contributed by atoms with Crippen molar-refractivity contribution in [1.29, 1.82) is 0 Å². The summed E-state index contributed by atoms with van der Waals surface area (Å²) in [6, 6.07) is 0. The molecule has 9 heavy (non-hydrogen) atoms. The van der Waals surface area contributed by atoms with Crippen LogP contribution in [0.5, 0.6) is 0 Å². The minimum atomic E-state index is -1.10. The molecule has 2 nitrogen and oxygen atoms in total. The Balaban J connectivity index is 3.73. The number of hydrogen-bond donors (Lipinski definition) is 0. The first kappa shape index (κ1) is 8.86. The van der Waals surface area contributed by atoms with E-state index in [4.69, 9.17) is 31.2 Å². The molecule has 0 N–H and O–H groups in total. The van der Waals surface area contributed by atoms with E-state index >= 15 is 0 Å². The molecule has 0 bridgehead atoms. The first-order valence-corrected chi connectivity index (χ1v) is 2.23. The van der Waals surface area contributed by atoms with E-state index in [0.717, 1.165) is 7.31 Å². The van der Waals surface area contributed by atoms with Crippen LogP contribution in [0.2, 0.25) is 0 Å². The number of carbonyl (C=O) groups is 1. The number of nitrogens with zero attached hydrogens (tertiary/aromatic N) is 1. The second-order valence-electron chi connectivity index (χ2n) is 1.42. The highest BCUT2D eigenvalue weighted by Gasteiger charge is 2.10. The summed E-state index contributed by atoms with van der Waals surface area (Å²) in [6.45, 7) is -1.10. The van der Waals surface area contributed by atoms with Crippen LogP contribution in [0.1, 0.15) is 0 Å². The SMILES string of the molecule is [B][B]N([B])C(=O)B([B])[B]. The number of amides is 1. The Morgan fingerprint density at radius 3 is 2.11 bits per heavy atom. The van der Waals surface area contributed by atoms with Crippen LogP contribution in [0.4, 0.5) is 4.79 Å². The topological polar surface area (TPSA) is 20.3 Å². The Kier molecular flexibility index (Phi) is 3.75. The van der Waals surface area contributed by atoms with Crippen molar-refractivity contribution in [3.8, 4) is 0 Å². The van der Waals surface area contributed by atoms with Gasteiger partial charge in [-0.3, -0.25) is 4.79 Å². The lowest BCUT2D eigenvalue weighted by Gasteiger charge is -2.17. The monoisotopic (exact) mass is 108 g/mol. The molecule has 0 unspecified atom stereocenters. The van der Waals surface area contributed by atoms with Gasteiger partial charge in [0.25, 0.3) is 0 Å². The molecule has 0 fully saturated rings. The quantitative estimate of drug-likeness (QED) is 0.360. The molecule has 0 atom stereocenters. The van der Waals surface area contributed by atoms with E-state index in [1.807, 2.05) is 0 Å². The van der Waals surface area contributed by atoms with Gasteiger partial charge in [-0.1, -0.05) is 0 Å². The van der Waals surface area contributed by atoms with E-state index in [9.17, 15) is 4.79 Å². The van der Waals surface area contributed by atoms with Gasteiger partial charge < -0.3 is 4.72 Å². The molecular weight excluding hydrogens is 107 g/mol. The predicted molar refractivity (Wildman–Crippen MR) is 41.8 cm³/mol. The normalized spacial score (nSPS) is 8.00. The van der Waals surface area contributed by atoms with Crippen molar-refractivity contribution in [2.75, 3.05) is 0 Å². The Labute approximate surface area is 61.1 Å². The second kappa shape index (κ2) is 3.80. The molecule has 0 aromatic heterocycles. The molecule has 8 heteroatoms. The van der Waals surface area contributed by atoms with Gasteiger partial charge in [-0.2, -0.15) is 0 Å². The zero-order valence-electron chi connectivity index (χ0n) is 4.82. The summed E-state index contributed by atoms with van der Waals surface area (Å²) >= 11 is 0. The molecule has 0 saturated heterocycles. The van der Waals surface area contributed by atoms with Gasteiger partial charge in [0, 0.05) is 23.2 Å². The fraction of sp³-hybridized carbons (Fsp3) is 0. The molecule has 0 aliphatic rings. The van der Waals surface area contributed by atoms with Crippen molar-refractivity contribution in [1.82, 2.24) is 4.72 Å². The van der Waals surface area contributed by atoms with Crippen molar-refractivity contribution < 1.29 is 4.79 Å². The maximum atomic E-state index is 10.5. The molecule has 9 radical (unpaired) electrons. The summed E-state index contributed by atoms with van der Waals surface area (Å²) < 4.78 is 0.630. The summed E-state index contributed by atoms with van der Waals surface area (Å²) in [5.41, 5.74) is 0. The van der Waals surface area contributed by atoms with Crippen LogP contribution >= 0.6 is 0 Å². The highest BCUT2D eigenvalue weighted by molar-refractivity contribution is 7.43. The van der Waals surface area contributed by atoms with Crippen LogP contribution < -0.4 is 0 Å². The van der Waals surface area contributed by atoms with Gasteiger partial charge in [-0.15, -0.1) is 0 Å². The van der Waals surface area contributed by atoms with E-state index in [1.54, 1.807) is 0 Å². The third-order valence-electron chi connectivity index (χ3n) is 0.700. The lowest BCUT2D eigenvalue weighted by Crippen LogP contribution is -2.42. The van der Waals surface area contributed by atoms with E-state index in [1.165, 1.54) is 0 Å². The second-order valence-corrected chi connectivity index (χ2v) is 1.42. The Bertz CT molecular complexity index is 103. The molecule has 0 heterocycles. The standard InChI is InChI=1S/CB6NO/c2-6-8(5)1(9)7(3)4. The number of rotatable bonds is 2. The van der Waals surface area contributed by atoms with Gasteiger partial charge in [-0.05, 0) is 0 Å². The van der Waals surface area contributed by atoms with Crippen molar-refractivity contribution in [3.05, 3.63) is 0 Å². The summed E-state index contributed by atoms with van der Waals surface area (Å²) in [5, 5.41) is 0. The van der Waals surface area contributed by atoms with E-state index in [0.29, 0.717) is 4.72 Å². The molecule has 0 rings (SSSR count). The van der Waals surface area contributed by atoms with Gasteiger partial charge >= 0.3 is 0 Å². The molecular formula is CB6NO. The maximum absolute atomic E-state index is 10.5. The van der Waals surface area contributed by atoms with Crippen LogP contribution in [-0.2, 0) is 0 Å². The Morgan fingerprint density at radius 1 is 1.56 bits per heavy atom. The summed E-state index contributed by atoms with van der Waals surface area (Å²) in [6.07, 6.45) is 0. The largest absolute Gasteiger partial charge is 0.462 e. The molecule has 0 aliphatic heterocycles. The van der Waals surface area contributed by atoms with Gasteiger partial charge in [0.1, 0.15) is 5.81 Å². The minimum Gasteiger partial charge on any atom is -0.462 e. The predicted octanol–water partition coefficient (Wildman–Crippen LogP) is -2.40. The van der Waals surface area contributed by atoms with E-state index in [2.05, 4.69) is 0 Å². The average Bonchev–Trinajstić information content (AvgIpc) is 1.84. The Morgan fingerprint density at radius 2 is 2.00 bits per heavy atom. The zero-order valence-corrected chi connectivity index (χ0v) is 4.82.